The minimum Gasteiger partial charge on any atom is -0.307 e. The fraction of sp³-hybridized carbons (Fsp3) is 0.368. The molecule has 0 aliphatic carbocycles. The number of benzene rings is 2. The van der Waals surface area contributed by atoms with E-state index in [1.165, 1.54) is 22.3 Å². The van der Waals surface area contributed by atoms with Crippen molar-refractivity contribution in [1.29, 1.82) is 0 Å². The highest BCUT2D eigenvalue weighted by Gasteiger charge is 2.12. The molecule has 21 heavy (non-hydrogen) atoms. The lowest BCUT2D eigenvalue weighted by atomic mass is 9.99. The quantitative estimate of drug-likeness (QED) is 0.796. The number of hydrogen-bond donors (Lipinski definition) is 1. The Balaban J connectivity index is 1.98. The smallest absolute Gasteiger partial charge is 0.0406 e. The SMILES string of the molecule is Cc1ccc(C(C)NC(C)Cc2ccc(Cl)cc2)c(C)c1. The largest absolute Gasteiger partial charge is 0.307 e. The first kappa shape index (κ1) is 16.1. The molecular weight excluding hydrogens is 278 g/mol. The highest BCUT2D eigenvalue weighted by Crippen LogP contribution is 2.20. The van der Waals surface area contributed by atoms with Crippen LogP contribution in [0.4, 0.5) is 0 Å². The molecule has 0 radical (unpaired) electrons. The summed E-state index contributed by atoms with van der Waals surface area (Å²) in [5.41, 5.74) is 5.36. The van der Waals surface area contributed by atoms with Gasteiger partial charge >= 0.3 is 0 Å². The molecule has 2 aromatic carbocycles. The van der Waals surface area contributed by atoms with Crippen molar-refractivity contribution in [1.82, 2.24) is 5.32 Å². The number of aryl methyl sites for hydroxylation is 2. The van der Waals surface area contributed by atoms with Crippen molar-refractivity contribution in [2.24, 2.45) is 0 Å². The molecule has 0 saturated heterocycles. The van der Waals surface area contributed by atoms with Crippen molar-refractivity contribution < 1.29 is 0 Å². The van der Waals surface area contributed by atoms with Gasteiger partial charge in [-0.15, -0.1) is 0 Å². The summed E-state index contributed by atoms with van der Waals surface area (Å²) in [7, 11) is 0. The van der Waals surface area contributed by atoms with Crippen LogP contribution in [0.1, 0.15) is 42.1 Å². The molecule has 2 aromatic rings. The van der Waals surface area contributed by atoms with E-state index in [0.717, 1.165) is 11.4 Å². The molecule has 1 nitrogen and oxygen atoms in total. The Morgan fingerprint density at radius 3 is 2.29 bits per heavy atom. The van der Waals surface area contributed by atoms with E-state index in [1.807, 2.05) is 12.1 Å². The van der Waals surface area contributed by atoms with Crippen molar-refractivity contribution in [2.75, 3.05) is 0 Å². The summed E-state index contributed by atoms with van der Waals surface area (Å²) in [6, 6.07) is 15.5. The Hall–Kier alpha value is -1.31. The molecular formula is C19H24ClN. The first-order chi connectivity index (χ1) is 9.95. The van der Waals surface area contributed by atoms with Gasteiger partial charge in [-0.05, 0) is 62.9 Å². The van der Waals surface area contributed by atoms with Crippen LogP contribution in [-0.4, -0.2) is 6.04 Å². The van der Waals surface area contributed by atoms with E-state index in [-0.39, 0.29) is 0 Å². The van der Waals surface area contributed by atoms with Gasteiger partial charge in [0.1, 0.15) is 0 Å². The van der Waals surface area contributed by atoms with E-state index in [4.69, 9.17) is 11.6 Å². The van der Waals surface area contributed by atoms with Gasteiger partial charge in [-0.1, -0.05) is 47.5 Å². The van der Waals surface area contributed by atoms with Crippen molar-refractivity contribution in [2.45, 2.75) is 46.2 Å². The zero-order chi connectivity index (χ0) is 15.4. The number of halogens is 1. The maximum atomic E-state index is 5.93. The number of hydrogen-bond acceptors (Lipinski definition) is 1. The normalized spacial score (nSPS) is 14.0. The Morgan fingerprint density at radius 1 is 1.00 bits per heavy atom. The molecule has 112 valence electrons. The van der Waals surface area contributed by atoms with Gasteiger partial charge in [-0.2, -0.15) is 0 Å². The molecule has 0 spiro atoms. The molecule has 2 rings (SSSR count). The molecule has 0 amide bonds. The van der Waals surface area contributed by atoms with E-state index in [9.17, 15) is 0 Å². The van der Waals surface area contributed by atoms with Crippen LogP contribution in [0, 0.1) is 13.8 Å². The minimum absolute atomic E-state index is 0.355. The van der Waals surface area contributed by atoms with Gasteiger partial charge in [0, 0.05) is 17.1 Å². The average molecular weight is 302 g/mol. The monoisotopic (exact) mass is 301 g/mol. The summed E-state index contributed by atoms with van der Waals surface area (Å²) in [6.45, 7) is 8.78. The first-order valence-electron chi connectivity index (χ1n) is 7.53. The summed E-state index contributed by atoms with van der Waals surface area (Å²) < 4.78 is 0. The summed E-state index contributed by atoms with van der Waals surface area (Å²) in [4.78, 5) is 0. The van der Waals surface area contributed by atoms with Crippen LogP contribution in [0.3, 0.4) is 0 Å². The van der Waals surface area contributed by atoms with E-state index in [0.29, 0.717) is 12.1 Å². The van der Waals surface area contributed by atoms with E-state index < -0.39 is 0 Å². The molecule has 0 saturated carbocycles. The van der Waals surface area contributed by atoms with Gasteiger partial charge in [0.25, 0.3) is 0 Å². The fourth-order valence-corrected chi connectivity index (χ4v) is 2.99. The lowest BCUT2D eigenvalue weighted by molar-refractivity contribution is 0.476. The molecule has 0 aliphatic heterocycles. The third-order valence-corrected chi connectivity index (χ3v) is 4.13. The highest BCUT2D eigenvalue weighted by molar-refractivity contribution is 6.30. The van der Waals surface area contributed by atoms with Gasteiger partial charge < -0.3 is 5.32 Å². The third-order valence-electron chi connectivity index (χ3n) is 3.88. The van der Waals surface area contributed by atoms with Crippen LogP contribution in [0.5, 0.6) is 0 Å². The molecule has 0 fully saturated rings. The maximum Gasteiger partial charge on any atom is 0.0406 e. The minimum atomic E-state index is 0.355. The zero-order valence-corrected chi connectivity index (χ0v) is 14.0. The third kappa shape index (κ3) is 4.59. The number of nitrogens with one attached hydrogen (secondary N) is 1. The van der Waals surface area contributed by atoms with Crippen molar-refractivity contribution in [3.05, 3.63) is 69.7 Å². The highest BCUT2D eigenvalue weighted by atomic mass is 35.5. The molecule has 0 heterocycles. The predicted octanol–water partition coefficient (Wildman–Crippen LogP) is 5.24. The van der Waals surface area contributed by atoms with E-state index >= 15 is 0 Å². The van der Waals surface area contributed by atoms with Gasteiger partial charge in [0.15, 0.2) is 0 Å². The number of rotatable bonds is 5. The van der Waals surface area contributed by atoms with Crippen LogP contribution in [-0.2, 0) is 6.42 Å². The predicted molar refractivity (Wildman–Crippen MR) is 92.1 cm³/mol. The topological polar surface area (TPSA) is 12.0 Å². The summed E-state index contributed by atoms with van der Waals surface area (Å²) in [5.74, 6) is 0. The zero-order valence-electron chi connectivity index (χ0n) is 13.3. The van der Waals surface area contributed by atoms with Gasteiger partial charge in [0.05, 0.1) is 0 Å². The Kier molecular flexibility index (Phi) is 5.44. The van der Waals surface area contributed by atoms with Gasteiger partial charge in [-0.3, -0.25) is 0 Å². The molecule has 0 aromatic heterocycles. The van der Waals surface area contributed by atoms with Crippen molar-refractivity contribution in [3.63, 3.8) is 0 Å². The maximum absolute atomic E-state index is 5.93. The molecule has 2 atom stereocenters. The van der Waals surface area contributed by atoms with Gasteiger partial charge in [0.2, 0.25) is 0 Å². The second kappa shape index (κ2) is 7.11. The summed E-state index contributed by atoms with van der Waals surface area (Å²) in [6.07, 6.45) is 1.01. The van der Waals surface area contributed by atoms with Crippen LogP contribution in [0.2, 0.25) is 5.02 Å². The summed E-state index contributed by atoms with van der Waals surface area (Å²) in [5, 5.41) is 4.48. The molecule has 0 aliphatic rings. The Labute approximate surface area is 133 Å². The van der Waals surface area contributed by atoms with Crippen LogP contribution < -0.4 is 5.32 Å². The lowest BCUT2D eigenvalue weighted by Gasteiger charge is -2.22. The molecule has 1 N–H and O–H groups in total. The van der Waals surface area contributed by atoms with E-state index in [1.54, 1.807) is 0 Å². The first-order valence-corrected chi connectivity index (χ1v) is 7.91. The summed E-state index contributed by atoms with van der Waals surface area (Å²) >= 11 is 5.93. The second-order valence-corrected chi connectivity index (χ2v) is 6.42. The Morgan fingerprint density at radius 2 is 1.67 bits per heavy atom. The van der Waals surface area contributed by atoms with Crippen LogP contribution >= 0.6 is 11.6 Å². The van der Waals surface area contributed by atoms with Crippen LogP contribution in [0.25, 0.3) is 0 Å². The molecule has 0 bridgehead atoms. The van der Waals surface area contributed by atoms with E-state index in [2.05, 4.69) is 63.3 Å². The standard InChI is InChI=1S/C19H24ClN/c1-13-5-10-19(14(2)11-13)16(4)21-15(3)12-17-6-8-18(20)9-7-17/h5-11,15-16,21H,12H2,1-4H3. The Bertz CT molecular complexity index is 589. The fourth-order valence-electron chi connectivity index (χ4n) is 2.86. The lowest BCUT2D eigenvalue weighted by Crippen LogP contribution is -2.31. The molecule has 2 unspecified atom stereocenters. The van der Waals surface area contributed by atoms with Crippen molar-refractivity contribution in [3.8, 4) is 0 Å². The van der Waals surface area contributed by atoms with Gasteiger partial charge in [-0.25, -0.2) is 0 Å². The average Bonchev–Trinajstić information content (AvgIpc) is 2.41. The molecule has 2 heteroatoms. The van der Waals surface area contributed by atoms with Crippen LogP contribution in [0.15, 0.2) is 42.5 Å². The van der Waals surface area contributed by atoms with Crippen molar-refractivity contribution >= 4 is 11.6 Å². The second-order valence-electron chi connectivity index (χ2n) is 5.98.